The van der Waals surface area contributed by atoms with E-state index >= 15 is 0 Å². The van der Waals surface area contributed by atoms with E-state index in [1.165, 1.54) is 0 Å². The molecule has 0 bridgehead atoms. The molecule has 6 nitrogen and oxygen atoms in total. The zero-order valence-electron chi connectivity index (χ0n) is 11.4. The second-order valence-electron chi connectivity index (χ2n) is 5.46. The predicted molar refractivity (Wildman–Crippen MR) is 70.2 cm³/mol. The van der Waals surface area contributed by atoms with Gasteiger partial charge in [-0.25, -0.2) is 8.78 Å². The summed E-state index contributed by atoms with van der Waals surface area (Å²) in [6.45, 7) is -0.108. The predicted octanol–water partition coefficient (Wildman–Crippen LogP) is -1.08. The summed E-state index contributed by atoms with van der Waals surface area (Å²) in [6.07, 6.45) is -0.929. The largest absolute Gasteiger partial charge is 0.393 e. The Hall–Kier alpha value is -0.380. The van der Waals surface area contributed by atoms with Gasteiger partial charge in [-0.15, -0.1) is 0 Å². The van der Waals surface area contributed by atoms with Gasteiger partial charge >= 0.3 is 0 Å². The number of rotatable bonds is 1. The van der Waals surface area contributed by atoms with Crippen molar-refractivity contribution in [3.05, 3.63) is 0 Å². The summed E-state index contributed by atoms with van der Waals surface area (Å²) in [4.78, 5) is 0. The molecule has 4 atom stereocenters. The topological polar surface area (TPSA) is 128 Å². The molecule has 0 amide bonds. The lowest BCUT2D eigenvalue weighted by Gasteiger charge is -2.34. The van der Waals surface area contributed by atoms with E-state index < -0.39 is 18.1 Å². The number of halogens is 2. The van der Waals surface area contributed by atoms with Crippen LogP contribution in [0.15, 0.2) is 0 Å². The molecule has 8 heteroatoms. The number of alkyl halides is 2. The van der Waals surface area contributed by atoms with Crippen LogP contribution < -0.4 is 17.2 Å². The van der Waals surface area contributed by atoms with E-state index in [0.29, 0.717) is 12.8 Å². The fourth-order valence-electron chi connectivity index (χ4n) is 2.44. The number of ether oxygens (including phenoxy) is 1. The minimum absolute atomic E-state index is 0.0243. The summed E-state index contributed by atoms with van der Waals surface area (Å²) < 4.78 is 30.3. The quantitative estimate of drug-likeness (QED) is 0.419. The van der Waals surface area contributed by atoms with Crippen LogP contribution in [0.2, 0.25) is 0 Å². The van der Waals surface area contributed by atoms with E-state index in [4.69, 9.17) is 27.4 Å². The van der Waals surface area contributed by atoms with Gasteiger partial charge in [0.05, 0.1) is 12.7 Å². The SMILES string of the molecule is NC1CC(N)CC(O)C1.NCC1OCCC(O)C1(F)F. The van der Waals surface area contributed by atoms with Gasteiger partial charge in [-0.3, -0.25) is 0 Å². The van der Waals surface area contributed by atoms with Crippen molar-refractivity contribution in [1.29, 1.82) is 0 Å². The van der Waals surface area contributed by atoms with Crippen molar-refractivity contribution in [3.8, 4) is 0 Å². The Labute approximate surface area is 117 Å². The van der Waals surface area contributed by atoms with Gasteiger partial charge in [-0.2, -0.15) is 0 Å². The van der Waals surface area contributed by atoms with E-state index in [9.17, 15) is 8.78 Å². The van der Waals surface area contributed by atoms with Crippen molar-refractivity contribution in [2.24, 2.45) is 17.2 Å². The summed E-state index contributed by atoms with van der Waals surface area (Å²) in [5.41, 5.74) is 16.2. The van der Waals surface area contributed by atoms with Crippen LogP contribution in [0.3, 0.4) is 0 Å². The average Bonchev–Trinajstić information content (AvgIpc) is 2.31. The fourth-order valence-corrected chi connectivity index (χ4v) is 2.44. The van der Waals surface area contributed by atoms with Crippen molar-refractivity contribution < 1.29 is 23.7 Å². The summed E-state index contributed by atoms with van der Waals surface area (Å²) >= 11 is 0. The van der Waals surface area contributed by atoms with Gasteiger partial charge < -0.3 is 32.2 Å². The third kappa shape index (κ3) is 4.87. The average molecular weight is 297 g/mol. The molecule has 4 unspecified atom stereocenters. The highest BCUT2D eigenvalue weighted by Crippen LogP contribution is 2.30. The van der Waals surface area contributed by atoms with Gasteiger partial charge in [0, 0.05) is 25.0 Å². The van der Waals surface area contributed by atoms with Crippen molar-refractivity contribution >= 4 is 0 Å². The smallest absolute Gasteiger partial charge is 0.300 e. The molecule has 120 valence electrons. The minimum atomic E-state index is -3.19. The van der Waals surface area contributed by atoms with E-state index in [2.05, 4.69) is 4.74 Å². The first-order valence-electron chi connectivity index (χ1n) is 6.84. The zero-order chi connectivity index (χ0) is 15.3. The third-order valence-corrected chi connectivity index (χ3v) is 3.55. The monoisotopic (exact) mass is 297 g/mol. The molecule has 1 saturated carbocycles. The van der Waals surface area contributed by atoms with Crippen molar-refractivity contribution in [1.82, 2.24) is 0 Å². The Kier molecular flexibility index (Phi) is 6.70. The summed E-state index contributed by atoms with van der Waals surface area (Å²) in [6, 6.07) is 0.229. The Balaban J connectivity index is 0.000000204. The van der Waals surface area contributed by atoms with Crippen LogP contribution in [-0.4, -0.2) is 59.7 Å². The van der Waals surface area contributed by atoms with Crippen LogP contribution in [0.1, 0.15) is 25.7 Å². The Morgan fingerprint density at radius 3 is 2.05 bits per heavy atom. The second-order valence-corrected chi connectivity index (χ2v) is 5.46. The van der Waals surface area contributed by atoms with Crippen LogP contribution in [0.25, 0.3) is 0 Å². The molecule has 20 heavy (non-hydrogen) atoms. The molecule has 1 aliphatic carbocycles. The molecule has 2 rings (SSSR count). The van der Waals surface area contributed by atoms with Gasteiger partial charge in [-0.05, 0) is 19.3 Å². The van der Waals surface area contributed by atoms with Crippen molar-refractivity contribution in [2.45, 2.75) is 62.0 Å². The molecule has 0 aromatic heterocycles. The van der Waals surface area contributed by atoms with E-state index in [0.717, 1.165) is 6.42 Å². The lowest BCUT2D eigenvalue weighted by atomic mass is 9.90. The molecule has 2 aliphatic rings. The van der Waals surface area contributed by atoms with Crippen molar-refractivity contribution in [2.75, 3.05) is 13.2 Å². The van der Waals surface area contributed by atoms with Crippen LogP contribution >= 0.6 is 0 Å². The normalized spacial score (nSPS) is 40.6. The molecule has 1 saturated heterocycles. The zero-order valence-corrected chi connectivity index (χ0v) is 11.4. The molecular formula is C12H25F2N3O3. The number of aliphatic hydroxyl groups excluding tert-OH is 2. The maximum absolute atomic E-state index is 12.8. The maximum Gasteiger partial charge on any atom is 0.300 e. The molecule has 0 aromatic rings. The summed E-state index contributed by atoms with van der Waals surface area (Å²) in [5.74, 6) is -3.19. The molecule has 0 spiro atoms. The van der Waals surface area contributed by atoms with E-state index in [-0.39, 0.29) is 37.8 Å². The van der Waals surface area contributed by atoms with Gasteiger partial charge in [0.1, 0.15) is 12.2 Å². The highest BCUT2D eigenvalue weighted by atomic mass is 19.3. The van der Waals surface area contributed by atoms with Gasteiger partial charge in [0.2, 0.25) is 0 Å². The first-order chi connectivity index (χ1) is 9.27. The Bertz CT molecular complexity index is 272. The van der Waals surface area contributed by atoms with E-state index in [1.807, 2.05) is 0 Å². The highest BCUT2D eigenvalue weighted by molar-refractivity contribution is 4.89. The van der Waals surface area contributed by atoms with Crippen LogP contribution in [-0.2, 0) is 4.74 Å². The van der Waals surface area contributed by atoms with Crippen molar-refractivity contribution in [3.63, 3.8) is 0 Å². The number of hydrogen-bond acceptors (Lipinski definition) is 6. The molecule has 1 aliphatic heterocycles. The standard InChI is InChI=1S/C6H11F2NO2.C6H14N2O/c7-6(8)4(10)1-2-11-5(6)3-9;7-4-1-5(8)3-6(9)2-4/h4-5,10H,1-3,9H2;4-6,9H,1-3,7-8H2. The highest BCUT2D eigenvalue weighted by Gasteiger charge is 2.49. The van der Waals surface area contributed by atoms with Crippen LogP contribution in [0.4, 0.5) is 8.78 Å². The summed E-state index contributed by atoms with van der Waals surface area (Å²) in [7, 11) is 0. The Morgan fingerprint density at radius 1 is 1.10 bits per heavy atom. The van der Waals surface area contributed by atoms with Crippen LogP contribution in [0, 0.1) is 0 Å². The van der Waals surface area contributed by atoms with E-state index in [1.54, 1.807) is 0 Å². The second kappa shape index (κ2) is 7.58. The lowest BCUT2D eigenvalue weighted by Crippen LogP contribution is -2.53. The number of nitrogens with two attached hydrogens (primary N) is 3. The maximum atomic E-state index is 12.8. The number of hydrogen-bond donors (Lipinski definition) is 5. The van der Waals surface area contributed by atoms with Gasteiger partial charge in [-0.1, -0.05) is 0 Å². The van der Waals surface area contributed by atoms with Crippen LogP contribution in [0.5, 0.6) is 0 Å². The van der Waals surface area contributed by atoms with Gasteiger partial charge in [0.15, 0.2) is 0 Å². The fraction of sp³-hybridized carbons (Fsp3) is 1.00. The molecule has 0 aromatic carbocycles. The molecule has 2 fully saturated rings. The third-order valence-electron chi connectivity index (χ3n) is 3.55. The lowest BCUT2D eigenvalue weighted by molar-refractivity contribution is -0.224. The number of aliphatic hydroxyl groups is 2. The first kappa shape index (κ1) is 17.7. The first-order valence-corrected chi connectivity index (χ1v) is 6.84. The Morgan fingerprint density at radius 2 is 1.65 bits per heavy atom. The van der Waals surface area contributed by atoms with Gasteiger partial charge in [0.25, 0.3) is 5.92 Å². The molecule has 0 radical (unpaired) electrons. The minimum Gasteiger partial charge on any atom is -0.393 e. The molecular weight excluding hydrogens is 272 g/mol. The summed E-state index contributed by atoms with van der Waals surface area (Å²) in [5, 5.41) is 17.9. The molecule has 1 heterocycles. The molecule has 8 N–H and O–H groups in total.